The SMILES string of the molecule is FC(F)(F)c1ccc(N2CCC(Oc3cc(C(F)(F)F)nn3C3CO3)CC2)nc1. The van der Waals surface area contributed by atoms with Crippen molar-refractivity contribution in [2.45, 2.75) is 37.5 Å². The molecule has 12 heteroatoms. The van der Waals surface area contributed by atoms with Crippen LogP contribution in [-0.2, 0) is 17.1 Å². The van der Waals surface area contributed by atoms with Crippen LogP contribution in [0.3, 0.4) is 0 Å². The summed E-state index contributed by atoms with van der Waals surface area (Å²) in [6.45, 7) is 1.17. The second-order valence-electron chi connectivity index (χ2n) is 6.81. The van der Waals surface area contributed by atoms with Crippen molar-refractivity contribution < 1.29 is 35.8 Å². The molecule has 0 amide bonds. The van der Waals surface area contributed by atoms with Crippen molar-refractivity contribution in [1.82, 2.24) is 14.8 Å². The molecule has 6 nitrogen and oxygen atoms in total. The van der Waals surface area contributed by atoms with E-state index in [-0.39, 0.29) is 18.6 Å². The first-order valence-corrected chi connectivity index (χ1v) is 8.84. The zero-order chi connectivity index (χ0) is 20.8. The lowest BCUT2D eigenvalue weighted by Crippen LogP contribution is -2.39. The highest BCUT2D eigenvalue weighted by Gasteiger charge is 2.39. The van der Waals surface area contributed by atoms with Crippen LogP contribution >= 0.6 is 0 Å². The van der Waals surface area contributed by atoms with Gasteiger partial charge in [-0.2, -0.15) is 31.4 Å². The normalized spacial score (nSPS) is 20.8. The van der Waals surface area contributed by atoms with Crippen LogP contribution in [0.15, 0.2) is 24.4 Å². The lowest BCUT2D eigenvalue weighted by Gasteiger charge is -2.32. The molecule has 0 N–H and O–H groups in total. The molecule has 0 spiro atoms. The zero-order valence-electron chi connectivity index (χ0n) is 14.9. The predicted octanol–water partition coefficient (Wildman–Crippen LogP) is 3.89. The smallest absolute Gasteiger partial charge is 0.435 e. The van der Waals surface area contributed by atoms with E-state index in [0.29, 0.717) is 31.7 Å². The molecule has 1 unspecified atom stereocenters. The number of alkyl halides is 6. The average Bonchev–Trinajstić information content (AvgIpc) is 3.41. The Morgan fingerprint density at radius 3 is 2.24 bits per heavy atom. The number of epoxide rings is 1. The summed E-state index contributed by atoms with van der Waals surface area (Å²) in [5, 5.41) is 3.53. The van der Waals surface area contributed by atoms with Gasteiger partial charge in [-0.3, -0.25) is 0 Å². The Hall–Kier alpha value is -2.50. The fraction of sp³-hybridized carbons (Fsp3) is 0.529. The quantitative estimate of drug-likeness (QED) is 0.553. The van der Waals surface area contributed by atoms with Gasteiger partial charge in [0.25, 0.3) is 0 Å². The third kappa shape index (κ3) is 4.41. The van der Waals surface area contributed by atoms with Crippen LogP contribution in [0.5, 0.6) is 5.88 Å². The van der Waals surface area contributed by atoms with Gasteiger partial charge in [-0.05, 0) is 12.1 Å². The number of nitrogens with zero attached hydrogens (tertiary/aromatic N) is 4. The summed E-state index contributed by atoms with van der Waals surface area (Å²) in [6, 6.07) is 3.13. The summed E-state index contributed by atoms with van der Waals surface area (Å²) in [7, 11) is 0. The molecule has 4 rings (SSSR count). The van der Waals surface area contributed by atoms with E-state index in [0.717, 1.165) is 23.0 Å². The van der Waals surface area contributed by atoms with E-state index in [1.54, 1.807) is 0 Å². The number of piperidine rings is 1. The van der Waals surface area contributed by atoms with Crippen molar-refractivity contribution in [3.63, 3.8) is 0 Å². The van der Waals surface area contributed by atoms with Crippen molar-refractivity contribution in [2.24, 2.45) is 0 Å². The Labute approximate surface area is 161 Å². The second kappa shape index (κ2) is 7.08. The fourth-order valence-corrected chi connectivity index (χ4v) is 3.11. The van der Waals surface area contributed by atoms with Crippen LogP contribution in [-0.4, -0.2) is 40.6 Å². The van der Waals surface area contributed by atoms with Crippen LogP contribution in [0.4, 0.5) is 32.2 Å². The largest absolute Gasteiger partial charge is 0.474 e. The van der Waals surface area contributed by atoms with Gasteiger partial charge in [0.1, 0.15) is 11.9 Å². The van der Waals surface area contributed by atoms with Gasteiger partial charge < -0.3 is 14.4 Å². The lowest BCUT2D eigenvalue weighted by atomic mass is 10.1. The van der Waals surface area contributed by atoms with Crippen LogP contribution in [0.2, 0.25) is 0 Å². The molecule has 0 bridgehead atoms. The molecule has 2 fully saturated rings. The van der Waals surface area contributed by atoms with Crippen LogP contribution in [0.25, 0.3) is 0 Å². The minimum atomic E-state index is -4.59. The highest BCUT2D eigenvalue weighted by atomic mass is 19.4. The number of anilines is 1. The Bertz CT molecular complexity index is 852. The average molecular weight is 422 g/mol. The highest BCUT2D eigenvalue weighted by molar-refractivity contribution is 5.40. The summed E-state index contributed by atoms with van der Waals surface area (Å²) in [6.07, 6.45) is -8.22. The molecule has 0 aliphatic carbocycles. The first-order valence-electron chi connectivity index (χ1n) is 8.84. The number of hydrogen-bond donors (Lipinski definition) is 0. The zero-order valence-corrected chi connectivity index (χ0v) is 14.9. The molecular formula is C17H16F6N4O2. The summed E-state index contributed by atoms with van der Waals surface area (Å²) in [5.41, 5.74) is -1.87. The van der Waals surface area contributed by atoms with Crippen molar-refractivity contribution in [2.75, 3.05) is 24.6 Å². The van der Waals surface area contributed by atoms with Gasteiger partial charge in [-0.15, -0.1) is 0 Å². The molecule has 2 aromatic rings. The summed E-state index contributed by atoms with van der Waals surface area (Å²) < 4.78 is 88.5. The molecule has 0 aromatic carbocycles. The number of ether oxygens (including phenoxy) is 2. The van der Waals surface area contributed by atoms with Crippen molar-refractivity contribution in [1.29, 1.82) is 0 Å². The first-order chi connectivity index (χ1) is 13.6. The van der Waals surface area contributed by atoms with Crippen molar-refractivity contribution >= 4 is 5.82 Å². The van der Waals surface area contributed by atoms with E-state index in [9.17, 15) is 26.3 Å². The molecule has 1 atom stereocenters. The number of aromatic nitrogens is 3. The number of hydrogen-bond acceptors (Lipinski definition) is 5. The first kappa shape index (κ1) is 19.8. The number of pyridine rings is 1. The van der Waals surface area contributed by atoms with Crippen molar-refractivity contribution in [3.8, 4) is 5.88 Å². The maximum absolute atomic E-state index is 12.9. The van der Waals surface area contributed by atoms with Gasteiger partial charge in [-0.25, -0.2) is 9.67 Å². The molecule has 158 valence electrons. The molecule has 29 heavy (non-hydrogen) atoms. The Kier molecular flexibility index (Phi) is 4.83. The van der Waals surface area contributed by atoms with E-state index in [1.807, 2.05) is 4.90 Å². The topological polar surface area (TPSA) is 55.7 Å². The van der Waals surface area contributed by atoms with Gasteiger partial charge in [0.15, 0.2) is 11.9 Å². The lowest BCUT2D eigenvalue weighted by molar-refractivity contribution is -0.141. The summed E-state index contributed by atoms with van der Waals surface area (Å²) >= 11 is 0. The third-order valence-corrected chi connectivity index (χ3v) is 4.71. The molecule has 2 saturated heterocycles. The Balaban J connectivity index is 1.39. The van der Waals surface area contributed by atoms with Crippen LogP contribution in [0, 0.1) is 0 Å². The monoisotopic (exact) mass is 422 g/mol. The fourth-order valence-electron chi connectivity index (χ4n) is 3.11. The molecule has 0 radical (unpaired) electrons. The minimum Gasteiger partial charge on any atom is -0.474 e. The molecule has 0 saturated carbocycles. The van der Waals surface area contributed by atoms with Crippen LogP contribution in [0.1, 0.15) is 30.3 Å². The Morgan fingerprint density at radius 2 is 1.72 bits per heavy atom. The Morgan fingerprint density at radius 1 is 1.03 bits per heavy atom. The van der Waals surface area contributed by atoms with Gasteiger partial charge in [0.2, 0.25) is 5.88 Å². The predicted molar refractivity (Wildman–Crippen MR) is 87.3 cm³/mol. The highest BCUT2D eigenvalue weighted by Crippen LogP contribution is 2.36. The maximum Gasteiger partial charge on any atom is 0.435 e. The summed E-state index contributed by atoms with van der Waals surface area (Å²) in [5.74, 6) is 0.401. The molecule has 4 heterocycles. The van der Waals surface area contributed by atoms with E-state index in [2.05, 4.69) is 10.1 Å². The third-order valence-electron chi connectivity index (χ3n) is 4.71. The van der Waals surface area contributed by atoms with E-state index >= 15 is 0 Å². The molecule has 2 aliphatic rings. The van der Waals surface area contributed by atoms with E-state index < -0.39 is 29.8 Å². The number of halogens is 6. The maximum atomic E-state index is 12.9. The van der Waals surface area contributed by atoms with Gasteiger partial charge in [0, 0.05) is 38.2 Å². The molecular weight excluding hydrogens is 406 g/mol. The standard InChI is InChI=1S/C17H16F6N4O2/c18-16(19,20)10-1-2-13(24-8-10)26-5-3-11(4-6-26)29-14-7-12(17(21,22)23)25-27(14)15-9-28-15/h1-2,7-8,11,15H,3-6,9H2. The van der Waals surface area contributed by atoms with Gasteiger partial charge >= 0.3 is 12.4 Å². The van der Waals surface area contributed by atoms with Crippen LogP contribution < -0.4 is 9.64 Å². The van der Waals surface area contributed by atoms with E-state index in [4.69, 9.17) is 9.47 Å². The van der Waals surface area contributed by atoms with Crippen molar-refractivity contribution in [3.05, 3.63) is 35.7 Å². The number of rotatable bonds is 4. The summed E-state index contributed by atoms with van der Waals surface area (Å²) in [4.78, 5) is 5.67. The second-order valence-corrected chi connectivity index (χ2v) is 6.81. The molecule has 2 aromatic heterocycles. The minimum absolute atomic E-state index is 0.00840. The molecule has 2 aliphatic heterocycles. The van der Waals surface area contributed by atoms with E-state index in [1.165, 1.54) is 6.07 Å². The van der Waals surface area contributed by atoms with Gasteiger partial charge in [0.05, 0.1) is 12.2 Å². The van der Waals surface area contributed by atoms with Gasteiger partial charge in [-0.1, -0.05) is 0 Å².